The normalized spacial score (nSPS) is 16.9. The van der Waals surface area contributed by atoms with E-state index in [1.165, 1.54) is 29.3 Å². The Labute approximate surface area is 133 Å². The lowest BCUT2D eigenvalue weighted by atomic mass is 10.2. The Morgan fingerprint density at radius 2 is 2.17 bits per heavy atom. The van der Waals surface area contributed by atoms with Crippen molar-refractivity contribution in [1.29, 1.82) is 0 Å². The first kappa shape index (κ1) is 14.7. The van der Waals surface area contributed by atoms with Gasteiger partial charge in [-0.2, -0.15) is 0 Å². The topological polar surface area (TPSA) is 63.6 Å². The summed E-state index contributed by atoms with van der Waals surface area (Å²) >= 11 is 0. The van der Waals surface area contributed by atoms with Gasteiger partial charge in [-0.15, -0.1) is 0 Å². The van der Waals surface area contributed by atoms with E-state index in [0.29, 0.717) is 5.56 Å². The number of amides is 1. The predicted octanol–water partition coefficient (Wildman–Crippen LogP) is 2.61. The molecule has 1 amide bonds. The summed E-state index contributed by atoms with van der Waals surface area (Å²) in [5.74, 6) is -3.84. The minimum absolute atomic E-state index is 0.0166. The van der Waals surface area contributed by atoms with Crippen LogP contribution < -0.4 is 0 Å². The first-order valence-electron chi connectivity index (χ1n) is 7.17. The van der Waals surface area contributed by atoms with Gasteiger partial charge in [0.2, 0.25) is 0 Å². The maximum Gasteiger partial charge on any atom is 0.272 e. The summed E-state index contributed by atoms with van der Waals surface area (Å²) in [5.41, 5.74) is 0.615. The average molecular weight is 336 g/mol. The second kappa shape index (κ2) is 5.08. The Kier molecular flexibility index (Phi) is 3.12. The molecule has 0 spiro atoms. The molecule has 0 atom stereocenters. The van der Waals surface area contributed by atoms with Crippen LogP contribution in [0, 0.1) is 5.82 Å². The summed E-state index contributed by atoms with van der Waals surface area (Å²) in [7, 11) is 0. The van der Waals surface area contributed by atoms with Crippen LogP contribution in [0.2, 0.25) is 0 Å². The molecule has 6 nitrogen and oxygen atoms in total. The quantitative estimate of drug-likeness (QED) is 0.722. The number of pyridine rings is 1. The van der Waals surface area contributed by atoms with E-state index in [4.69, 9.17) is 4.42 Å². The number of oxazole rings is 1. The Morgan fingerprint density at radius 1 is 1.33 bits per heavy atom. The third kappa shape index (κ3) is 2.32. The lowest BCUT2D eigenvalue weighted by molar-refractivity contribution is 0.0119. The van der Waals surface area contributed by atoms with Gasteiger partial charge < -0.3 is 9.32 Å². The van der Waals surface area contributed by atoms with Gasteiger partial charge in [-0.3, -0.25) is 9.20 Å². The Balaban J connectivity index is 1.79. The number of hydrogen-bond donors (Lipinski definition) is 0. The lowest BCUT2D eigenvalue weighted by Gasteiger charge is -2.15. The molecular formula is C15H11F3N4O2. The molecule has 4 heterocycles. The maximum absolute atomic E-state index is 14.0. The number of hydrogen-bond acceptors (Lipinski definition) is 4. The number of halogens is 3. The molecule has 9 heteroatoms. The van der Waals surface area contributed by atoms with Crippen molar-refractivity contribution in [3.05, 3.63) is 42.6 Å². The molecule has 24 heavy (non-hydrogen) atoms. The number of carbonyl (C=O) groups is 1. The van der Waals surface area contributed by atoms with Crippen molar-refractivity contribution >= 4 is 11.6 Å². The molecule has 0 aromatic carbocycles. The molecule has 0 aliphatic carbocycles. The Bertz CT molecular complexity index is 920. The minimum Gasteiger partial charge on any atom is -0.443 e. The van der Waals surface area contributed by atoms with Gasteiger partial charge in [-0.05, 0) is 6.07 Å². The number of nitrogens with zero attached hydrogens (tertiary/aromatic N) is 4. The largest absolute Gasteiger partial charge is 0.443 e. The fraction of sp³-hybridized carbons (Fsp3) is 0.267. The summed E-state index contributed by atoms with van der Waals surface area (Å²) in [6.07, 6.45) is 4.54. The van der Waals surface area contributed by atoms with E-state index in [9.17, 15) is 18.0 Å². The zero-order chi connectivity index (χ0) is 16.9. The van der Waals surface area contributed by atoms with Crippen LogP contribution in [0.4, 0.5) is 13.2 Å². The van der Waals surface area contributed by atoms with Gasteiger partial charge in [0.05, 0.1) is 24.5 Å². The van der Waals surface area contributed by atoms with Gasteiger partial charge in [0.15, 0.2) is 12.2 Å². The minimum atomic E-state index is -2.90. The van der Waals surface area contributed by atoms with Crippen molar-refractivity contribution in [2.45, 2.75) is 12.3 Å². The standard InChI is InChI=1S/C15H11F3N4O2/c16-9-3-10(12-5-19-8-24-12)13-20-4-11(22(13)6-9)14(23)21-2-1-15(17,18)7-21/h3-6,8H,1-2,7H2. The third-order valence-corrected chi connectivity index (χ3v) is 3.95. The van der Waals surface area contributed by atoms with Crippen LogP contribution in [-0.2, 0) is 0 Å². The van der Waals surface area contributed by atoms with Crippen LogP contribution in [0.5, 0.6) is 0 Å². The molecule has 0 bridgehead atoms. The van der Waals surface area contributed by atoms with Gasteiger partial charge >= 0.3 is 0 Å². The number of aromatic nitrogens is 3. The van der Waals surface area contributed by atoms with E-state index in [1.54, 1.807) is 0 Å². The van der Waals surface area contributed by atoms with E-state index < -0.39 is 24.2 Å². The molecule has 0 unspecified atom stereocenters. The second-order valence-electron chi connectivity index (χ2n) is 5.61. The maximum atomic E-state index is 14.0. The van der Waals surface area contributed by atoms with Crippen LogP contribution in [0.25, 0.3) is 17.0 Å². The number of imidazole rings is 1. The van der Waals surface area contributed by atoms with E-state index >= 15 is 0 Å². The third-order valence-electron chi connectivity index (χ3n) is 3.95. The number of likely N-dealkylation sites (tertiary alicyclic amines) is 1. The van der Waals surface area contributed by atoms with Crippen molar-refractivity contribution in [3.8, 4) is 11.3 Å². The van der Waals surface area contributed by atoms with E-state index in [0.717, 1.165) is 11.1 Å². The smallest absolute Gasteiger partial charge is 0.272 e. The summed E-state index contributed by atoms with van der Waals surface area (Å²) in [6, 6.07) is 1.21. The second-order valence-corrected chi connectivity index (χ2v) is 5.61. The molecule has 1 saturated heterocycles. The summed E-state index contributed by atoms with van der Waals surface area (Å²) < 4.78 is 47.0. The van der Waals surface area contributed by atoms with E-state index in [2.05, 4.69) is 9.97 Å². The van der Waals surface area contributed by atoms with Crippen LogP contribution in [0.15, 0.2) is 35.5 Å². The van der Waals surface area contributed by atoms with Crippen LogP contribution in [0.1, 0.15) is 16.9 Å². The van der Waals surface area contributed by atoms with Gasteiger partial charge in [-0.1, -0.05) is 0 Å². The number of fused-ring (bicyclic) bond motifs is 1. The molecule has 1 aliphatic rings. The van der Waals surface area contributed by atoms with Crippen molar-refractivity contribution < 1.29 is 22.4 Å². The highest BCUT2D eigenvalue weighted by atomic mass is 19.3. The van der Waals surface area contributed by atoms with Crippen molar-refractivity contribution in [3.63, 3.8) is 0 Å². The highest BCUT2D eigenvalue weighted by Crippen LogP contribution is 2.29. The number of rotatable bonds is 2. The molecule has 124 valence electrons. The zero-order valence-electron chi connectivity index (χ0n) is 12.2. The SMILES string of the molecule is O=C(c1cnc2c(-c3cnco3)cc(F)cn12)N1CCC(F)(F)C1. The summed E-state index contributed by atoms with van der Waals surface area (Å²) in [5, 5.41) is 0. The summed E-state index contributed by atoms with van der Waals surface area (Å²) in [4.78, 5) is 21.4. The molecule has 0 saturated carbocycles. The summed E-state index contributed by atoms with van der Waals surface area (Å²) in [6.45, 7) is -0.702. The molecule has 0 N–H and O–H groups in total. The Morgan fingerprint density at radius 3 is 2.83 bits per heavy atom. The van der Waals surface area contributed by atoms with Crippen LogP contribution in [-0.4, -0.2) is 44.2 Å². The van der Waals surface area contributed by atoms with Gasteiger partial charge in [0.25, 0.3) is 11.8 Å². The fourth-order valence-electron chi connectivity index (χ4n) is 2.81. The van der Waals surface area contributed by atoms with Crippen LogP contribution in [0.3, 0.4) is 0 Å². The van der Waals surface area contributed by atoms with Crippen molar-refractivity contribution in [2.75, 3.05) is 13.1 Å². The average Bonchev–Trinajstić information content (AvgIpc) is 3.24. The van der Waals surface area contributed by atoms with Gasteiger partial charge in [0.1, 0.15) is 17.2 Å². The zero-order valence-corrected chi connectivity index (χ0v) is 12.2. The lowest BCUT2D eigenvalue weighted by Crippen LogP contribution is -2.32. The monoisotopic (exact) mass is 336 g/mol. The van der Waals surface area contributed by atoms with E-state index in [-0.39, 0.29) is 30.1 Å². The number of alkyl halides is 2. The highest BCUT2D eigenvalue weighted by Gasteiger charge is 2.41. The molecule has 1 fully saturated rings. The van der Waals surface area contributed by atoms with Crippen molar-refractivity contribution in [1.82, 2.24) is 19.3 Å². The molecule has 3 aromatic rings. The molecular weight excluding hydrogens is 325 g/mol. The molecule has 1 aliphatic heterocycles. The Hall–Kier alpha value is -2.84. The first-order chi connectivity index (χ1) is 11.4. The fourth-order valence-corrected chi connectivity index (χ4v) is 2.81. The predicted molar refractivity (Wildman–Crippen MR) is 76.1 cm³/mol. The first-order valence-corrected chi connectivity index (χ1v) is 7.17. The highest BCUT2D eigenvalue weighted by molar-refractivity contribution is 5.94. The molecule has 0 radical (unpaired) electrons. The van der Waals surface area contributed by atoms with Gasteiger partial charge in [-0.25, -0.2) is 23.1 Å². The van der Waals surface area contributed by atoms with Crippen LogP contribution >= 0.6 is 0 Å². The van der Waals surface area contributed by atoms with E-state index in [1.807, 2.05) is 0 Å². The van der Waals surface area contributed by atoms with Crippen molar-refractivity contribution in [2.24, 2.45) is 0 Å². The molecule has 3 aromatic heterocycles. The molecule has 4 rings (SSSR count). The van der Waals surface area contributed by atoms with Gasteiger partial charge in [0, 0.05) is 19.2 Å². The number of carbonyl (C=O) groups excluding carboxylic acids is 1.